The molecule has 0 radical (unpaired) electrons. The second-order valence-corrected chi connectivity index (χ2v) is 3.68. The average Bonchev–Trinajstić information content (AvgIpc) is 2.24. The van der Waals surface area contributed by atoms with Crippen LogP contribution in [0.1, 0.15) is 0 Å². The number of carboxylic acid groups (broad SMARTS) is 6. The van der Waals surface area contributed by atoms with Gasteiger partial charge in [-0.25, -0.2) is 33.7 Å². The first-order chi connectivity index (χ1) is 9.93. The molecule has 22 heavy (non-hydrogen) atoms. The minimum absolute atomic E-state index is 0.653. The lowest BCUT2D eigenvalue weighted by Gasteiger charge is -2.31. The maximum atomic E-state index is 10.9. The molecule has 122 valence electrons. The maximum absolute atomic E-state index is 10.9. The normalized spacial score (nSPS) is 10.9. The van der Waals surface area contributed by atoms with E-state index in [0.29, 0.717) is 0 Å². The largest absolute Gasteiger partial charge is 0.480 e. The predicted molar refractivity (Wildman–Crippen MR) is 59.0 cm³/mol. The van der Waals surface area contributed by atoms with Gasteiger partial charge in [0.2, 0.25) is 18.1 Å². The summed E-state index contributed by atoms with van der Waals surface area (Å²) in [5.74, 6) is -14.0. The number of carbonyl (C=O) groups is 6. The Hall–Kier alpha value is -3.22. The average molecular weight is 323 g/mol. The summed E-state index contributed by atoms with van der Waals surface area (Å²) in [6.07, 6.45) is 0. The molecule has 0 heterocycles. The summed E-state index contributed by atoms with van der Waals surface area (Å²) in [6.45, 7) is 0. The lowest BCUT2D eigenvalue weighted by atomic mass is 10.1. The summed E-state index contributed by atoms with van der Waals surface area (Å²) in [4.78, 5) is 64.7. The number of aliphatic carboxylic acids is 6. The molecule has 0 atom stereocenters. The molecular weight excluding hydrogens is 314 g/mol. The SMILES string of the molecule is O=C(O)C(C(=O)O)N(C(C(=O)O)C(=O)O)C(C(=O)O)C(=O)O. The van der Waals surface area contributed by atoms with Crippen LogP contribution in [0.15, 0.2) is 0 Å². The van der Waals surface area contributed by atoms with E-state index < -0.39 is 58.8 Å². The molecule has 0 aromatic rings. The molecule has 0 amide bonds. The van der Waals surface area contributed by atoms with Gasteiger partial charge < -0.3 is 30.6 Å². The van der Waals surface area contributed by atoms with Crippen LogP contribution >= 0.6 is 0 Å². The molecule has 0 unspecified atom stereocenters. The molecule has 0 rings (SSSR count). The third-order valence-electron chi connectivity index (χ3n) is 2.30. The van der Waals surface area contributed by atoms with Gasteiger partial charge in [0.1, 0.15) is 0 Å². The molecule has 0 aliphatic heterocycles. The highest BCUT2D eigenvalue weighted by atomic mass is 16.4. The Morgan fingerprint density at radius 2 is 0.591 bits per heavy atom. The quantitative estimate of drug-likeness (QED) is 0.231. The lowest BCUT2D eigenvalue weighted by Crippen LogP contribution is -2.64. The topological polar surface area (TPSA) is 227 Å². The summed E-state index contributed by atoms with van der Waals surface area (Å²) in [5.41, 5.74) is 0. The monoisotopic (exact) mass is 323 g/mol. The van der Waals surface area contributed by atoms with Crippen LogP contribution in [0.25, 0.3) is 0 Å². The highest BCUT2D eigenvalue weighted by Gasteiger charge is 2.52. The fourth-order valence-electron chi connectivity index (χ4n) is 1.53. The second-order valence-electron chi connectivity index (χ2n) is 3.68. The first-order valence-electron chi connectivity index (χ1n) is 5.07. The lowest BCUT2D eigenvalue weighted by molar-refractivity contribution is -0.174. The smallest absolute Gasteiger partial charge is 0.332 e. The summed E-state index contributed by atoms with van der Waals surface area (Å²) in [7, 11) is 0. The van der Waals surface area contributed by atoms with E-state index in [1.165, 1.54) is 0 Å². The van der Waals surface area contributed by atoms with Gasteiger partial charge in [-0.1, -0.05) is 0 Å². The van der Waals surface area contributed by atoms with Crippen molar-refractivity contribution in [2.24, 2.45) is 0 Å². The molecule has 0 saturated heterocycles. The van der Waals surface area contributed by atoms with Crippen molar-refractivity contribution in [3.8, 4) is 0 Å². The zero-order chi connectivity index (χ0) is 17.8. The van der Waals surface area contributed by atoms with E-state index in [2.05, 4.69) is 0 Å². The Morgan fingerprint density at radius 1 is 0.455 bits per heavy atom. The number of nitrogens with zero attached hydrogens (tertiary/aromatic N) is 1. The first kappa shape index (κ1) is 18.8. The Labute approximate surface area is 119 Å². The summed E-state index contributed by atoms with van der Waals surface area (Å²) in [5, 5.41) is 52.5. The Balaban J connectivity index is 6.39. The van der Waals surface area contributed by atoms with Gasteiger partial charge in [0.25, 0.3) is 0 Å². The van der Waals surface area contributed by atoms with Crippen LogP contribution < -0.4 is 0 Å². The van der Waals surface area contributed by atoms with E-state index in [9.17, 15) is 28.8 Å². The van der Waals surface area contributed by atoms with Gasteiger partial charge in [-0.15, -0.1) is 0 Å². The van der Waals surface area contributed by atoms with Crippen molar-refractivity contribution in [2.75, 3.05) is 0 Å². The molecule has 0 aromatic heterocycles. The van der Waals surface area contributed by atoms with Crippen molar-refractivity contribution in [3.05, 3.63) is 0 Å². The second kappa shape index (κ2) is 6.98. The third kappa shape index (κ3) is 3.89. The summed E-state index contributed by atoms with van der Waals surface area (Å²) < 4.78 is 0. The first-order valence-corrected chi connectivity index (χ1v) is 5.07. The van der Waals surface area contributed by atoms with Gasteiger partial charge in [0.05, 0.1) is 0 Å². The van der Waals surface area contributed by atoms with Crippen LogP contribution in [0, 0.1) is 0 Å². The number of hydrogen-bond donors (Lipinski definition) is 6. The molecule has 13 heteroatoms. The van der Waals surface area contributed by atoms with Crippen LogP contribution in [0.2, 0.25) is 0 Å². The fraction of sp³-hybridized carbons (Fsp3) is 0.333. The molecule has 0 aliphatic rings. The highest BCUT2D eigenvalue weighted by molar-refractivity contribution is 6.06. The highest BCUT2D eigenvalue weighted by Crippen LogP contribution is 2.15. The van der Waals surface area contributed by atoms with Crippen molar-refractivity contribution in [1.82, 2.24) is 4.90 Å². The molecule has 0 saturated carbocycles. The van der Waals surface area contributed by atoms with Gasteiger partial charge >= 0.3 is 35.8 Å². The number of rotatable bonds is 9. The van der Waals surface area contributed by atoms with E-state index in [1.807, 2.05) is 0 Å². The van der Waals surface area contributed by atoms with E-state index in [1.54, 1.807) is 0 Å². The third-order valence-corrected chi connectivity index (χ3v) is 2.30. The van der Waals surface area contributed by atoms with Gasteiger partial charge in [0, 0.05) is 0 Å². The van der Waals surface area contributed by atoms with Crippen molar-refractivity contribution in [3.63, 3.8) is 0 Å². The van der Waals surface area contributed by atoms with Crippen LogP contribution in [-0.4, -0.2) is 89.5 Å². The fourth-order valence-corrected chi connectivity index (χ4v) is 1.53. The molecule has 0 fully saturated rings. The molecule has 13 nitrogen and oxygen atoms in total. The van der Waals surface area contributed by atoms with E-state index in [-0.39, 0.29) is 0 Å². The maximum Gasteiger partial charge on any atom is 0.332 e. The Morgan fingerprint density at radius 3 is 0.682 bits per heavy atom. The molecular formula is C9H9NO12. The standard InChI is InChI=1S/C9H9NO12/c11-4(12)1(5(13)14)10(2(6(15)16)7(17)18)3(8(19)20)9(21)22/h1-3H,(H,11,12)(H,13,14)(H,15,16)(H,17,18)(H,19,20)(H,21,22). The molecule has 0 bridgehead atoms. The van der Waals surface area contributed by atoms with Crippen LogP contribution in [0.3, 0.4) is 0 Å². The number of hydrogen-bond acceptors (Lipinski definition) is 7. The summed E-state index contributed by atoms with van der Waals surface area (Å²) >= 11 is 0. The van der Waals surface area contributed by atoms with E-state index in [0.717, 1.165) is 0 Å². The summed E-state index contributed by atoms with van der Waals surface area (Å²) in [6, 6.07) is -9.10. The Bertz CT molecular complexity index is 421. The van der Waals surface area contributed by atoms with Crippen LogP contribution in [-0.2, 0) is 28.8 Å². The van der Waals surface area contributed by atoms with Gasteiger partial charge in [0.15, 0.2) is 0 Å². The van der Waals surface area contributed by atoms with Crippen molar-refractivity contribution in [1.29, 1.82) is 0 Å². The van der Waals surface area contributed by atoms with Gasteiger partial charge in [-0.3, -0.25) is 0 Å². The van der Waals surface area contributed by atoms with E-state index >= 15 is 0 Å². The van der Waals surface area contributed by atoms with Crippen molar-refractivity contribution < 1.29 is 59.4 Å². The number of carboxylic acids is 6. The van der Waals surface area contributed by atoms with Crippen molar-refractivity contribution in [2.45, 2.75) is 18.1 Å². The van der Waals surface area contributed by atoms with E-state index in [4.69, 9.17) is 30.6 Å². The van der Waals surface area contributed by atoms with Crippen LogP contribution in [0.5, 0.6) is 0 Å². The molecule has 0 spiro atoms. The zero-order valence-corrected chi connectivity index (χ0v) is 10.3. The molecule has 6 N–H and O–H groups in total. The van der Waals surface area contributed by atoms with Gasteiger partial charge in [-0.2, -0.15) is 0 Å². The van der Waals surface area contributed by atoms with Crippen LogP contribution in [0.4, 0.5) is 0 Å². The molecule has 0 aromatic carbocycles. The minimum Gasteiger partial charge on any atom is -0.480 e. The van der Waals surface area contributed by atoms with Gasteiger partial charge in [-0.05, 0) is 0 Å². The predicted octanol–water partition coefficient (Wildman–Crippen LogP) is -3.10. The molecule has 0 aliphatic carbocycles. The minimum atomic E-state index is -3.03. The van der Waals surface area contributed by atoms with Crippen molar-refractivity contribution >= 4 is 35.8 Å². The Kier molecular flexibility index (Phi) is 5.96. The zero-order valence-electron chi connectivity index (χ0n) is 10.3.